The van der Waals surface area contributed by atoms with Crippen LogP contribution in [0.1, 0.15) is 50.0 Å². The molecule has 106 valence electrons. The van der Waals surface area contributed by atoms with Crippen LogP contribution in [0, 0.1) is 18.8 Å². The van der Waals surface area contributed by atoms with E-state index in [2.05, 4.69) is 24.0 Å². The number of nitrogens with zero attached hydrogens (tertiary/aromatic N) is 1. The standard InChI is InChI=1S/C18H23NO/c1-12-4-3-5-15(10-12)18(20)16-8-9-17-14(11-16)7-6-13(2)19-17/h6-9,11-12,15,18,20H,3-5,10H2,1-2H3. The lowest BCUT2D eigenvalue weighted by Gasteiger charge is -2.30. The summed E-state index contributed by atoms with van der Waals surface area (Å²) in [4.78, 5) is 4.52. The molecule has 20 heavy (non-hydrogen) atoms. The van der Waals surface area contributed by atoms with E-state index in [1.54, 1.807) is 0 Å². The second-order valence-corrected chi connectivity index (χ2v) is 6.38. The first-order chi connectivity index (χ1) is 9.63. The number of aryl methyl sites for hydroxylation is 1. The highest BCUT2D eigenvalue weighted by Crippen LogP contribution is 2.37. The van der Waals surface area contributed by atoms with E-state index in [1.165, 1.54) is 12.8 Å². The lowest BCUT2D eigenvalue weighted by Crippen LogP contribution is -2.20. The molecule has 1 fully saturated rings. The van der Waals surface area contributed by atoms with E-state index >= 15 is 0 Å². The second-order valence-electron chi connectivity index (χ2n) is 6.38. The van der Waals surface area contributed by atoms with Crippen LogP contribution in [0.5, 0.6) is 0 Å². The van der Waals surface area contributed by atoms with Gasteiger partial charge in [0, 0.05) is 11.1 Å². The second kappa shape index (κ2) is 5.53. The summed E-state index contributed by atoms with van der Waals surface area (Å²) < 4.78 is 0. The summed E-state index contributed by atoms with van der Waals surface area (Å²) >= 11 is 0. The van der Waals surface area contributed by atoms with Crippen molar-refractivity contribution in [2.45, 2.75) is 45.6 Å². The van der Waals surface area contributed by atoms with Crippen molar-refractivity contribution < 1.29 is 5.11 Å². The SMILES string of the molecule is Cc1ccc2cc(C(O)C3CCCC(C)C3)ccc2n1. The van der Waals surface area contributed by atoms with Crippen molar-refractivity contribution in [1.29, 1.82) is 0 Å². The van der Waals surface area contributed by atoms with Gasteiger partial charge in [-0.1, -0.05) is 31.9 Å². The normalized spacial score (nSPS) is 24.8. The Morgan fingerprint density at radius 2 is 2.05 bits per heavy atom. The highest BCUT2D eigenvalue weighted by molar-refractivity contribution is 5.79. The summed E-state index contributed by atoms with van der Waals surface area (Å²) in [6.07, 6.45) is 4.52. The topological polar surface area (TPSA) is 33.1 Å². The van der Waals surface area contributed by atoms with E-state index in [0.717, 1.165) is 40.9 Å². The van der Waals surface area contributed by atoms with Crippen molar-refractivity contribution in [3.63, 3.8) is 0 Å². The van der Waals surface area contributed by atoms with Crippen LogP contribution in [0.25, 0.3) is 10.9 Å². The van der Waals surface area contributed by atoms with E-state index in [-0.39, 0.29) is 6.10 Å². The van der Waals surface area contributed by atoms with Gasteiger partial charge in [-0.25, -0.2) is 0 Å². The zero-order valence-electron chi connectivity index (χ0n) is 12.3. The third kappa shape index (κ3) is 2.71. The monoisotopic (exact) mass is 269 g/mol. The Hall–Kier alpha value is -1.41. The lowest BCUT2D eigenvalue weighted by atomic mass is 9.78. The van der Waals surface area contributed by atoms with E-state index in [9.17, 15) is 5.11 Å². The van der Waals surface area contributed by atoms with Crippen LogP contribution in [-0.4, -0.2) is 10.1 Å². The number of fused-ring (bicyclic) bond motifs is 1. The maximum absolute atomic E-state index is 10.7. The summed E-state index contributed by atoms with van der Waals surface area (Å²) in [7, 11) is 0. The largest absolute Gasteiger partial charge is 0.388 e. The summed E-state index contributed by atoms with van der Waals surface area (Å²) in [5, 5.41) is 11.8. The predicted molar refractivity (Wildman–Crippen MR) is 82.6 cm³/mol. The lowest BCUT2D eigenvalue weighted by molar-refractivity contribution is 0.0715. The Morgan fingerprint density at radius 1 is 1.20 bits per heavy atom. The smallest absolute Gasteiger partial charge is 0.0818 e. The molecular formula is C18H23NO. The number of benzene rings is 1. The van der Waals surface area contributed by atoms with Gasteiger partial charge in [-0.2, -0.15) is 0 Å². The number of aliphatic hydroxyl groups is 1. The molecule has 2 heteroatoms. The molecule has 2 nitrogen and oxygen atoms in total. The van der Waals surface area contributed by atoms with Crippen LogP contribution >= 0.6 is 0 Å². The molecule has 0 amide bonds. The zero-order valence-corrected chi connectivity index (χ0v) is 12.3. The van der Waals surface area contributed by atoms with Crippen molar-refractivity contribution in [2.24, 2.45) is 11.8 Å². The maximum atomic E-state index is 10.7. The Kier molecular flexibility index (Phi) is 3.75. The third-order valence-corrected chi connectivity index (χ3v) is 4.62. The Balaban J connectivity index is 1.87. The predicted octanol–water partition coefficient (Wildman–Crippen LogP) is 4.40. The van der Waals surface area contributed by atoms with Gasteiger partial charge in [0.1, 0.15) is 0 Å². The molecule has 0 spiro atoms. The molecule has 2 aromatic rings. The molecule has 1 aliphatic carbocycles. The zero-order chi connectivity index (χ0) is 14.1. The highest BCUT2D eigenvalue weighted by atomic mass is 16.3. The Labute approximate surface area is 120 Å². The molecule has 3 atom stereocenters. The van der Waals surface area contributed by atoms with E-state index < -0.39 is 0 Å². The minimum Gasteiger partial charge on any atom is -0.388 e. The van der Waals surface area contributed by atoms with Gasteiger partial charge in [-0.15, -0.1) is 0 Å². The van der Waals surface area contributed by atoms with Crippen LogP contribution < -0.4 is 0 Å². The molecule has 1 saturated carbocycles. The number of rotatable bonds is 2. The number of hydrogen-bond donors (Lipinski definition) is 1. The Bertz CT molecular complexity index is 607. The summed E-state index contributed by atoms with van der Waals surface area (Å²) in [5.41, 5.74) is 3.09. The van der Waals surface area contributed by atoms with Gasteiger partial charge >= 0.3 is 0 Å². The van der Waals surface area contributed by atoms with Crippen molar-refractivity contribution in [2.75, 3.05) is 0 Å². The first kappa shape index (κ1) is 13.6. The van der Waals surface area contributed by atoms with Crippen LogP contribution in [0.4, 0.5) is 0 Å². The van der Waals surface area contributed by atoms with Crippen molar-refractivity contribution in [1.82, 2.24) is 4.98 Å². The third-order valence-electron chi connectivity index (χ3n) is 4.62. The van der Waals surface area contributed by atoms with Gasteiger partial charge in [0.2, 0.25) is 0 Å². The molecule has 1 aliphatic rings. The first-order valence-electron chi connectivity index (χ1n) is 7.69. The van der Waals surface area contributed by atoms with Gasteiger partial charge < -0.3 is 5.11 Å². The molecule has 1 heterocycles. The minimum absolute atomic E-state index is 0.330. The van der Waals surface area contributed by atoms with Gasteiger partial charge in [0.25, 0.3) is 0 Å². The maximum Gasteiger partial charge on any atom is 0.0818 e. The van der Waals surface area contributed by atoms with Crippen LogP contribution in [0.3, 0.4) is 0 Å². The molecule has 3 unspecified atom stereocenters. The Morgan fingerprint density at radius 3 is 2.85 bits per heavy atom. The fraction of sp³-hybridized carbons (Fsp3) is 0.500. The van der Waals surface area contributed by atoms with Gasteiger partial charge in [-0.3, -0.25) is 4.98 Å². The quantitative estimate of drug-likeness (QED) is 0.876. The molecule has 1 N–H and O–H groups in total. The minimum atomic E-state index is -0.330. The fourth-order valence-corrected chi connectivity index (χ4v) is 3.47. The molecular weight excluding hydrogens is 246 g/mol. The number of hydrogen-bond acceptors (Lipinski definition) is 2. The number of aromatic nitrogens is 1. The molecule has 0 bridgehead atoms. The van der Waals surface area contributed by atoms with Gasteiger partial charge in [0.15, 0.2) is 0 Å². The molecule has 1 aromatic heterocycles. The molecule has 0 radical (unpaired) electrons. The van der Waals surface area contributed by atoms with Crippen LogP contribution in [0.15, 0.2) is 30.3 Å². The molecule has 0 aliphatic heterocycles. The molecule has 0 saturated heterocycles. The van der Waals surface area contributed by atoms with Crippen molar-refractivity contribution >= 4 is 10.9 Å². The average molecular weight is 269 g/mol. The van der Waals surface area contributed by atoms with Crippen molar-refractivity contribution in [3.8, 4) is 0 Å². The van der Waals surface area contributed by atoms with Crippen molar-refractivity contribution in [3.05, 3.63) is 41.6 Å². The van der Waals surface area contributed by atoms with E-state index in [0.29, 0.717) is 5.92 Å². The van der Waals surface area contributed by atoms with Gasteiger partial charge in [-0.05, 0) is 55.4 Å². The van der Waals surface area contributed by atoms with Gasteiger partial charge in [0.05, 0.1) is 11.6 Å². The highest BCUT2D eigenvalue weighted by Gasteiger charge is 2.26. The summed E-state index contributed by atoms with van der Waals surface area (Å²) in [6, 6.07) is 10.3. The van der Waals surface area contributed by atoms with Crippen LogP contribution in [0.2, 0.25) is 0 Å². The summed E-state index contributed by atoms with van der Waals surface area (Å²) in [5.74, 6) is 1.16. The fourth-order valence-electron chi connectivity index (χ4n) is 3.47. The first-order valence-corrected chi connectivity index (χ1v) is 7.69. The van der Waals surface area contributed by atoms with Crippen LogP contribution in [-0.2, 0) is 0 Å². The average Bonchev–Trinajstić information content (AvgIpc) is 2.46. The summed E-state index contributed by atoms with van der Waals surface area (Å²) in [6.45, 7) is 4.30. The van der Waals surface area contributed by atoms with E-state index in [1.807, 2.05) is 25.1 Å². The molecule has 1 aromatic carbocycles. The number of aliphatic hydroxyl groups excluding tert-OH is 1. The molecule has 3 rings (SSSR count). The number of pyridine rings is 1. The van der Waals surface area contributed by atoms with E-state index in [4.69, 9.17) is 0 Å².